The lowest BCUT2D eigenvalue weighted by atomic mass is 9.94. The van der Waals surface area contributed by atoms with Gasteiger partial charge in [-0.05, 0) is 69.8 Å². The molecule has 2 N–H and O–H groups in total. The fourth-order valence-electron chi connectivity index (χ4n) is 4.36. The van der Waals surface area contributed by atoms with E-state index in [4.69, 9.17) is 0 Å². The molecular weight excluding hydrogens is 388 g/mol. The van der Waals surface area contributed by atoms with Crippen molar-refractivity contribution in [3.63, 3.8) is 0 Å². The van der Waals surface area contributed by atoms with Crippen LogP contribution < -0.4 is 10.6 Å². The number of rotatable bonds is 5. The molecule has 0 aliphatic carbocycles. The summed E-state index contributed by atoms with van der Waals surface area (Å²) in [5, 5.41) is 6.36. The molecule has 1 unspecified atom stereocenters. The van der Waals surface area contributed by atoms with Gasteiger partial charge in [-0.25, -0.2) is 4.79 Å². The van der Waals surface area contributed by atoms with Crippen LogP contribution in [-0.2, 0) is 4.79 Å². The highest BCUT2D eigenvalue weighted by Gasteiger charge is 2.34. The molecule has 1 aromatic carbocycles. The molecule has 0 aromatic heterocycles. The van der Waals surface area contributed by atoms with Gasteiger partial charge in [0.15, 0.2) is 0 Å². The topological polar surface area (TPSA) is 64.7 Å². The summed E-state index contributed by atoms with van der Waals surface area (Å²) >= 11 is 0. The van der Waals surface area contributed by atoms with Crippen LogP contribution in [-0.4, -0.2) is 60.5 Å². The van der Waals surface area contributed by atoms with Crippen molar-refractivity contribution in [2.75, 3.05) is 38.0 Å². The smallest absolute Gasteiger partial charge is 0.321 e. The Morgan fingerprint density at radius 1 is 1.24 bits per heavy atom. The normalized spacial score (nSPS) is 19.9. The summed E-state index contributed by atoms with van der Waals surface area (Å²) < 4.78 is 0. The van der Waals surface area contributed by atoms with Crippen LogP contribution >= 0.6 is 12.4 Å². The SMILES string of the molecule is CCCN(C(=O)C1CCCN(C(=O)Nc2cccc(C)c2)C1)C1CCNCC1.Cl. The van der Waals surface area contributed by atoms with E-state index in [0.29, 0.717) is 19.1 Å². The molecule has 3 rings (SSSR count). The molecule has 1 atom stereocenters. The van der Waals surface area contributed by atoms with Gasteiger partial charge in [0.2, 0.25) is 5.91 Å². The van der Waals surface area contributed by atoms with Gasteiger partial charge >= 0.3 is 6.03 Å². The van der Waals surface area contributed by atoms with Gasteiger partial charge in [-0.1, -0.05) is 19.1 Å². The fourth-order valence-corrected chi connectivity index (χ4v) is 4.36. The highest BCUT2D eigenvalue weighted by atomic mass is 35.5. The molecule has 2 aliphatic heterocycles. The number of likely N-dealkylation sites (tertiary alicyclic amines) is 1. The minimum absolute atomic E-state index is 0. The second kappa shape index (κ2) is 11.4. The summed E-state index contributed by atoms with van der Waals surface area (Å²) in [5.41, 5.74) is 1.92. The molecule has 2 heterocycles. The number of aryl methyl sites for hydroxylation is 1. The fraction of sp³-hybridized carbons (Fsp3) is 0.636. The van der Waals surface area contributed by atoms with Crippen LogP contribution in [0.4, 0.5) is 10.5 Å². The number of urea groups is 1. The van der Waals surface area contributed by atoms with Crippen LogP contribution in [0.1, 0.15) is 44.6 Å². The Morgan fingerprint density at radius 3 is 2.69 bits per heavy atom. The van der Waals surface area contributed by atoms with Crippen LogP contribution in [0.25, 0.3) is 0 Å². The standard InChI is InChI=1S/C22H34N4O2.ClH/c1-3-13-26(20-9-11-23-12-10-20)21(27)18-7-5-14-25(16-18)22(28)24-19-8-4-6-17(2)15-19;/h4,6,8,15,18,20,23H,3,5,7,9-14,16H2,1-2H3,(H,24,28);1H. The van der Waals surface area contributed by atoms with Gasteiger partial charge in [0.1, 0.15) is 0 Å². The maximum absolute atomic E-state index is 13.3. The van der Waals surface area contributed by atoms with E-state index >= 15 is 0 Å². The van der Waals surface area contributed by atoms with Crippen LogP contribution in [0.3, 0.4) is 0 Å². The monoisotopic (exact) mass is 422 g/mol. The van der Waals surface area contributed by atoms with Crippen molar-refractivity contribution < 1.29 is 9.59 Å². The van der Waals surface area contributed by atoms with E-state index in [9.17, 15) is 9.59 Å². The number of amides is 3. The van der Waals surface area contributed by atoms with E-state index in [-0.39, 0.29) is 30.3 Å². The second-order valence-corrected chi connectivity index (χ2v) is 8.10. The molecular formula is C22H35ClN4O2. The van der Waals surface area contributed by atoms with Gasteiger partial charge in [0, 0.05) is 31.4 Å². The van der Waals surface area contributed by atoms with E-state index in [1.165, 1.54) is 0 Å². The third-order valence-electron chi connectivity index (χ3n) is 5.82. The molecule has 3 amide bonds. The molecule has 0 saturated carbocycles. The van der Waals surface area contributed by atoms with E-state index < -0.39 is 0 Å². The number of nitrogens with one attached hydrogen (secondary N) is 2. The first kappa shape index (κ1) is 23.5. The third kappa shape index (κ3) is 6.34. The van der Waals surface area contributed by atoms with E-state index in [1.54, 1.807) is 4.90 Å². The van der Waals surface area contributed by atoms with E-state index in [0.717, 1.165) is 63.0 Å². The number of nitrogens with zero attached hydrogens (tertiary/aromatic N) is 2. The van der Waals surface area contributed by atoms with Crippen molar-refractivity contribution in [3.05, 3.63) is 29.8 Å². The predicted octanol–water partition coefficient (Wildman–Crippen LogP) is 3.65. The lowest BCUT2D eigenvalue weighted by Gasteiger charge is -2.39. The minimum Gasteiger partial charge on any atom is -0.339 e. The number of hydrogen-bond acceptors (Lipinski definition) is 3. The van der Waals surface area contributed by atoms with Gasteiger partial charge in [0.25, 0.3) is 0 Å². The Kier molecular flexibility index (Phi) is 9.24. The first-order valence-electron chi connectivity index (χ1n) is 10.7. The number of benzene rings is 1. The summed E-state index contributed by atoms with van der Waals surface area (Å²) in [5.74, 6) is 0.153. The number of piperidine rings is 2. The molecule has 29 heavy (non-hydrogen) atoms. The third-order valence-corrected chi connectivity index (χ3v) is 5.82. The van der Waals surface area contributed by atoms with Crippen molar-refractivity contribution in [2.24, 2.45) is 5.92 Å². The first-order chi connectivity index (χ1) is 13.6. The molecule has 6 nitrogen and oxygen atoms in total. The highest BCUT2D eigenvalue weighted by molar-refractivity contribution is 5.90. The molecule has 2 saturated heterocycles. The Hall–Kier alpha value is -1.79. The van der Waals surface area contributed by atoms with Crippen molar-refractivity contribution in [3.8, 4) is 0 Å². The molecule has 0 radical (unpaired) electrons. The quantitative estimate of drug-likeness (QED) is 0.761. The number of halogens is 1. The largest absolute Gasteiger partial charge is 0.339 e. The first-order valence-corrected chi connectivity index (χ1v) is 10.7. The minimum atomic E-state index is -0.105. The zero-order chi connectivity index (χ0) is 19.9. The number of hydrogen-bond donors (Lipinski definition) is 2. The Bertz CT molecular complexity index is 679. The summed E-state index contributed by atoms with van der Waals surface area (Å²) in [4.78, 5) is 29.9. The molecule has 162 valence electrons. The van der Waals surface area contributed by atoms with Gasteiger partial charge in [-0.15, -0.1) is 12.4 Å². The summed E-state index contributed by atoms with van der Waals surface area (Å²) in [6, 6.07) is 8.04. The van der Waals surface area contributed by atoms with Crippen molar-refractivity contribution in [1.29, 1.82) is 0 Å². The van der Waals surface area contributed by atoms with Crippen LogP contribution in [0.5, 0.6) is 0 Å². The van der Waals surface area contributed by atoms with E-state index in [1.807, 2.05) is 31.2 Å². The number of anilines is 1. The van der Waals surface area contributed by atoms with Gasteiger partial charge in [-0.3, -0.25) is 4.79 Å². The van der Waals surface area contributed by atoms with Crippen LogP contribution in [0, 0.1) is 12.8 Å². The van der Waals surface area contributed by atoms with Gasteiger partial charge in [0.05, 0.1) is 5.92 Å². The number of carbonyl (C=O) groups is 2. The average Bonchev–Trinajstić information content (AvgIpc) is 2.72. The lowest BCUT2D eigenvalue weighted by Crippen LogP contribution is -2.52. The maximum Gasteiger partial charge on any atom is 0.321 e. The Morgan fingerprint density at radius 2 is 2.00 bits per heavy atom. The summed E-state index contributed by atoms with van der Waals surface area (Å²) in [6.07, 6.45) is 4.77. The number of carbonyl (C=O) groups excluding carboxylic acids is 2. The zero-order valence-corrected chi connectivity index (χ0v) is 18.5. The molecule has 2 fully saturated rings. The van der Waals surface area contributed by atoms with Crippen molar-refractivity contribution in [2.45, 2.75) is 52.0 Å². The molecule has 0 bridgehead atoms. The predicted molar refractivity (Wildman–Crippen MR) is 120 cm³/mol. The van der Waals surface area contributed by atoms with E-state index in [2.05, 4.69) is 22.5 Å². The van der Waals surface area contributed by atoms with Crippen molar-refractivity contribution >= 4 is 30.0 Å². The highest BCUT2D eigenvalue weighted by Crippen LogP contribution is 2.23. The maximum atomic E-state index is 13.3. The van der Waals surface area contributed by atoms with Crippen molar-refractivity contribution in [1.82, 2.24) is 15.1 Å². The Labute approximate surface area is 180 Å². The summed E-state index contributed by atoms with van der Waals surface area (Å²) in [7, 11) is 0. The molecule has 2 aliphatic rings. The van der Waals surface area contributed by atoms with Gasteiger partial charge < -0.3 is 20.4 Å². The van der Waals surface area contributed by atoms with Gasteiger partial charge in [-0.2, -0.15) is 0 Å². The molecule has 7 heteroatoms. The van der Waals surface area contributed by atoms with Crippen LogP contribution in [0.15, 0.2) is 24.3 Å². The zero-order valence-electron chi connectivity index (χ0n) is 17.7. The molecule has 1 aromatic rings. The van der Waals surface area contributed by atoms with Crippen LogP contribution in [0.2, 0.25) is 0 Å². The lowest BCUT2D eigenvalue weighted by molar-refractivity contribution is -0.140. The average molecular weight is 423 g/mol. The second-order valence-electron chi connectivity index (χ2n) is 8.10. The Balaban J connectivity index is 0.00000300. The molecule has 0 spiro atoms. The summed E-state index contributed by atoms with van der Waals surface area (Å²) in [6.45, 7) is 8.14.